The zero-order valence-corrected chi connectivity index (χ0v) is 19.1. The Morgan fingerprint density at radius 3 is 2.32 bits per heavy atom. The molecule has 5 nitrogen and oxygen atoms in total. The monoisotopic (exact) mass is 468 g/mol. The summed E-state index contributed by atoms with van der Waals surface area (Å²) < 4.78 is 49.2. The highest BCUT2D eigenvalue weighted by Crippen LogP contribution is 2.38. The molecule has 34 heavy (non-hydrogen) atoms. The topological polar surface area (TPSA) is 68.3 Å². The fraction of sp³-hybridized carbons (Fsp3) is 0.231. The number of hydrogen-bond donors (Lipinski definition) is 1. The Labute approximate surface area is 194 Å². The van der Waals surface area contributed by atoms with Crippen LogP contribution in [-0.2, 0) is 5.60 Å². The van der Waals surface area contributed by atoms with Crippen LogP contribution in [0, 0.1) is 31.3 Å². The lowest BCUT2D eigenvalue weighted by atomic mass is 10.0. The third-order valence-corrected chi connectivity index (χ3v) is 5.83. The van der Waals surface area contributed by atoms with Gasteiger partial charge in [-0.05, 0) is 68.7 Å². The summed E-state index contributed by atoms with van der Waals surface area (Å²) in [6, 6.07) is 8.51. The second-order valence-electron chi connectivity index (χ2n) is 8.46. The Kier molecular flexibility index (Phi) is 5.95. The van der Waals surface area contributed by atoms with Crippen molar-refractivity contribution in [1.82, 2.24) is 9.55 Å². The number of rotatable bonds is 5. The number of aryl methyl sites for hydroxylation is 2. The Bertz CT molecular complexity index is 1430. The fourth-order valence-electron chi connectivity index (χ4n) is 3.84. The molecule has 0 saturated heterocycles. The molecule has 0 spiro atoms. The van der Waals surface area contributed by atoms with Gasteiger partial charge in [0.1, 0.15) is 28.7 Å². The third-order valence-electron chi connectivity index (χ3n) is 5.83. The van der Waals surface area contributed by atoms with Gasteiger partial charge in [0.25, 0.3) is 5.56 Å². The maximum atomic E-state index is 14.7. The average Bonchev–Trinajstić information content (AvgIpc) is 3.20. The number of aliphatic hydroxyl groups is 1. The normalized spacial score (nSPS) is 13.2. The molecule has 0 aliphatic heterocycles. The van der Waals surface area contributed by atoms with Gasteiger partial charge in [0, 0.05) is 23.9 Å². The molecular weight excluding hydrogens is 445 g/mol. The first-order valence-electron chi connectivity index (χ1n) is 10.7. The summed E-state index contributed by atoms with van der Waals surface area (Å²) in [4.78, 5) is 17.2. The van der Waals surface area contributed by atoms with Crippen molar-refractivity contribution in [1.29, 1.82) is 0 Å². The smallest absolute Gasteiger partial charge is 0.255 e. The number of pyridine rings is 1. The molecule has 2 aromatic carbocycles. The van der Waals surface area contributed by atoms with Crippen molar-refractivity contribution in [2.24, 2.45) is 0 Å². The van der Waals surface area contributed by atoms with Crippen LogP contribution in [0.15, 0.2) is 57.9 Å². The molecule has 4 rings (SSSR count). The van der Waals surface area contributed by atoms with Gasteiger partial charge in [0.15, 0.2) is 5.76 Å². The molecule has 0 bridgehead atoms. The van der Waals surface area contributed by atoms with Crippen molar-refractivity contribution in [3.63, 3.8) is 0 Å². The first-order chi connectivity index (χ1) is 16.0. The van der Waals surface area contributed by atoms with E-state index >= 15 is 0 Å². The predicted octanol–water partition coefficient (Wildman–Crippen LogP) is 5.81. The molecule has 8 heteroatoms. The van der Waals surface area contributed by atoms with E-state index in [1.165, 1.54) is 48.0 Å². The highest BCUT2D eigenvalue weighted by atomic mass is 19.1. The van der Waals surface area contributed by atoms with E-state index in [4.69, 9.17) is 4.42 Å². The van der Waals surface area contributed by atoms with Crippen LogP contribution in [0.4, 0.5) is 13.2 Å². The average molecular weight is 468 g/mol. The number of benzene rings is 2. The summed E-state index contributed by atoms with van der Waals surface area (Å²) in [5, 5.41) is 10.7. The van der Waals surface area contributed by atoms with Crippen LogP contribution in [0.1, 0.15) is 37.3 Å². The summed E-state index contributed by atoms with van der Waals surface area (Å²) >= 11 is 0. The van der Waals surface area contributed by atoms with Crippen molar-refractivity contribution in [2.75, 3.05) is 0 Å². The number of oxazole rings is 1. The van der Waals surface area contributed by atoms with Crippen molar-refractivity contribution >= 4 is 0 Å². The molecular formula is C26H23F3N2O3. The van der Waals surface area contributed by atoms with Crippen LogP contribution < -0.4 is 5.56 Å². The summed E-state index contributed by atoms with van der Waals surface area (Å²) in [5.74, 6) is -2.09. The van der Waals surface area contributed by atoms with E-state index in [-0.39, 0.29) is 34.9 Å². The first-order valence-corrected chi connectivity index (χ1v) is 10.7. The van der Waals surface area contributed by atoms with E-state index in [2.05, 4.69) is 4.98 Å². The minimum atomic E-state index is -1.44. The van der Waals surface area contributed by atoms with E-state index in [1.54, 1.807) is 20.8 Å². The fourth-order valence-corrected chi connectivity index (χ4v) is 3.84. The second-order valence-corrected chi connectivity index (χ2v) is 8.46. The third kappa shape index (κ3) is 4.17. The van der Waals surface area contributed by atoms with Crippen LogP contribution in [0.25, 0.3) is 28.3 Å². The van der Waals surface area contributed by atoms with Crippen molar-refractivity contribution in [2.45, 2.75) is 39.7 Å². The van der Waals surface area contributed by atoms with Gasteiger partial charge in [-0.3, -0.25) is 9.36 Å². The Hall–Kier alpha value is -3.65. The van der Waals surface area contributed by atoms with Gasteiger partial charge in [-0.2, -0.15) is 0 Å². The molecule has 0 saturated carbocycles. The molecule has 2 aromatic heterocycles. The zero-order valence-electron chi connectivity index (χ0n) is 19.1. The highest BCUT2D eigenvalue weighted by Gasteiger charge is 2.31. The maximum absolute atomic E-state index is 14.7. The van der Waals surface area contributed by atoms with Gasteiger partial charge >= 0.3 is 0 Å². The maximum Gasteiger partial charge on any atom is 0.255 e. The van der Waals surface area contributed by atoms with E-state index in [1.807, 2.05) is 0 Å². The second kappa shape index (κ2) is 8.61. The molecule has 2 heterocycles. The highest BCUT2D eigenvalue weighted by molar-refractivity contribution is 5.77. The lowest BCUT2D eigenvalue weighted by Crippen LogP contribution is -2.20. The Morgan fingerprint density at radius 2 is 1.71 bits per heavy atom. The van der Waals surface area contributed by atoms with E-state index in [0.29, 0.717) is 22.4 Å². The lowest BCUT2D eigenvalue weighted by Gasteiger charge is -2.16. The zero-order chi connectivity index (χ0) is 24.8. The van der Waals surface area contributed by atoms with Gasteiger partial charge in [0.05, 0.1) is 11.3 Å². The van der Waals surface area contributed by atoms with Gasteiger partial charge in [0.2, 0.25) is 5.89 Å². The molecule has 1 N–H and O–H groups in total. The SMILES string of the molecule is CCC(C)(O)c1nc(-c2ccc(=O)n(-c3c(C)cc(F)cc3C)c2)c(-c2ccc(F)cc2F)o1. The van der Waals surface area contributed by atoms with Crippen LogP contribution in [0.5, 0.6) is 0 Å². The number of aromatic nitrogens is 2. The van der Waals surface area contributed by atoms with E-state index in [0.717, 1.165) is 12.1 Å². The molecule has 176 valence electrons. The summed E-state index contributed by atoms with van der Waals surface area (Å²) in [6.07, 6.45) is 1.77. The molecule has 0 aliphatic carbocycles. The first kappa shape index (κ1) is 23.5. The molecule has 0 amide bonds. The van der Waals surface area contributed by atoms with E-state index in [9.17, 15) is 23.1 Å². The minimum Gasteiger partial charge on any atom is -0.437 e. The van der Waals surface area contributed by atoms with Crippen LogP contribution >= 0.6 is 0 Å². The molecule has 0 aliphatic rings. The van der Waals surface area contributed by atoms with Gasteiger partial charge in [-0.25, -0.2) is 18.2 Å². The summed E-state index contributed by atoms with van der Waals surface area (Å²) in [7, 11) is 0. The van der Waals surface area contributed by atoms with Crippen LogP contribution in [0.2, 0.25) is 0 Å². The lowest BCUT2D eigenvalue weighted by molar-refractivity contribution is 0.0253. The molecule has 0 fully saturated rings. The molecule has 0 radical (unpaired) electrons. The molecule has 1 unspecified atom stereocenters. The number of halogens is 3. The Morgan fingerprint density at radius 1 is 1.03 bits per heavy atom. The summed E-state index contributed by atoms with van der Waals surface area (Å²) in [5.41, 5.74) is 0.319. The number of hydrogen-bond acceptors (Lipinski definition) is 4. The predicted molar refractivity (Wildman–Crippen MR) is 122 cm³/mol. The van der Waals surface area contributed by atoms with Crippen molar-refractivity contribution in [3.8, 4) is 28.3 Å². The minimum absolute atomic E-state index is 0.0148. The number of nitrogens with zero attached hydrogens (tertiary/aromatic N) is 2. The Balaban J connectivity index is 1.98. The molecule has 4 aromatic rings. The van der Waals surface area contributed by atoms with Crippen LogP contribution in [0.3, 0.4) is 0 Å². The summed E-state index contributed by atoms with van der Waals surface area (Å²) in [6.45, 7) is 6.63. The van der Waals surface area contributed by atoms with Gasteiger partial charge in [-0.15, -0.1) is 0 Å². The van der Waals surface area contributed by atoms with Crippen molar-refractivity contribution in [3.05, 3.63) is 93.5 Å². The van der Waals surface area contributed by atoms with Gasteiger partial charge < -0.3 is 9.52 Å². The standard InChI is InChI=1S/C26H23F3N2O3/c1-5-26(4,33)25-30-22(24(34-25)19-8-7-17(27)12-20(19)29)16-6-9-21(32)31(13-16)23-14(2)10-18(28)11-15(23)3/h6-13,33H,5H2,1-4H3. The quantitative estimate of drug-likeness (QED) is 0.401. The van der Waals surface area contributed by atoms with Gasteiger partial charge in [-0.1, -0.05) is 6.92 Å². The largest absolute Gasteiger partial charge is 0.437 e. The molecule has 1 atom stereocenters. The van der Waals surface area contributed by atoms with E-state index < -0.39 is 23.1 Å². The van der Waals surface area contributed by atoms with Crippen LogP contribution in [-0.4, -0.2) is 14.7 Å². The van der Waals surface area contributed by atoms with Crippen molar-refractivity contribution < 1.29 is 22.7 Å².